The summed E-state index contributed by atoms with van der Waals surface area (Å²) in [7, 11) is 0. The molecule has 0 aliphatic rings. The number of hydrogen-bond donors (Lipinski definition) is 0. The van der Waals surface area contributed by atoms with Gasteiger partial charge in [-0.1, -0.05) is 13.8 Å². The van der Waals surface area contributed by atoms with Crippen molar-refractivity contribution in [1.82, 2.24) is 14.6 Å². The highest BCUT2D eigenvalue weighted by Crippen LogP contribution is 2.13. The number of fused-ring (bicyclic) bond motifs is 1. The predicted molar refractivity (Wildman–Crippen MR) is 47.1 cm³/mol. The van der Waals surface area contributed by atoms with Crippen LogP contribution in [0.4, 0.5) is 0 Å². The Bertz CT molecular complexity index is 389. The van der Waals surface area contributed by atoms with Crippen molar-refractivity contribution in [1.29, 1.82) is 0 Å². The van der Waals surface area contributed by atoms with E-state index in [1.165, 1.54) is 0 Å². The van der Waals surface area contributed by atoms with Gasteiger partial charge >= 0.3 is 0 Å². The van der Waals surface area contributed by atoms with Crippen molar-refractivity contribution < 1.29 is 0 Å². The molecular weight excluding hydrogens is 150 g/mol. The zero-order valence-corrected chi connectivity index (χ0v) is 7.23. The van der Waals surface area contributed by atoms with Gasteiger partial charge in [0.1, 0.15) is 0 Å². The van der Waals surface area contributed by atoms with Crippen LogP contribution in [0.2, 0.25) is 0 Å². The maximum Gasteiger partial charge on any atom is 0.153 e. The van der Waals surface area contributed by atoms with Gasteiger partial charge in [0.25, 0.3) is 0 Å². The average molecular weight is 161 g/mol. The summed E-state index contributed by atoms with van der Waals surface area (Å²) in [5.41, 5.74) is 2.08. The average Bonchev–Trinajstić information content (AvgIpc) is 2.47. The van der Waals surface area contributed by atoms with Gasteiger partial charge in [0.15, 0.2) is 5.65 Å². The third-order valence-corrected chi connectivity index (χ3v) is 1.90. The van der Waals surface area contributed by atoms with E-state index in [-0.39, 0.29) is 0 Å². The van der Waals surface area contributed by atoms with Crippen molar-refractivity contribution in [3.63, 3.8) is 0 Å². The molecule has 2 heterocycles. The number of imidazole rings is 1. The summed E-state index contributed by atoms with van der Waals surface area (Å²) >= 11 is 0. The molecule has 0 bridgehead atoms. The molecule has 2 rings (SSSR count). The molecule has 2 aromatic rings. The fourth-order valence-corrected chi connectivity index (χ4v) is 1.24. The van der Waals surface area contributed by atoms with E-state index in [4.69, 9.17) is 0 Å². The molecule has 0 saturated carbocycles. The fraction of sp³-hybridized carbons (Fsp3) is 0.333. The van der Waals surface area contributed by atoms with Gasteiger partial charge < -0.3 is 0 Å². The van der Waals surface area contributed by atoms with E-state index in [9.17, 15) is 0 Å². The minimum absolute atomic E-state index is 0.468. The standard InChI is InChI=1S/C9H11N3/c1-7(2)8-6-10-9-4-3-5-11-12(8)9/h3-7H,1-2H3. The second-order valence-corrected chi connectivity index (χ2v) is 3.13. The summed E-state index contributed by atoms with van der Waals surface area (Å²) in [4.78, 5) is 4.24. The van der Waals surface area contributed by atoms with Gasteiger partial charge in [0.05, 0.1) is 11.9 Å². The Kier molecular flexibility index (Phi) is 1.57. The van der Waals surface area contributed by atoms with Gasteiger partial charge in [-0.2, -0.15) is 5.10 Å². The summed E-state index contributed by atoms with van der Waals surface area (Å²) in [6, 6.07) is 3.85. The first-order valence-corrected chi connectivity index (χ1v) is 4.07. The van der Waals surface area contributed by atoms with Crippen molar-refractivity contribution in [2.45, 2.75) is 19.8 Å². The van der Waals surface area contributed by atoms with E-state index in [1.807, 2.05) is 22.8 Å². The van der Waals surface area contributed by atoms with Crippen LogP contribution in [0.3, 0.4) is 0 Å². The highest BCUT2D eigenvalue weighted by molar-refractivity contribution is 5.38. The van der Waals surface area contributed by atoms with Gasteiger partial charge in [-0.05, 0) is 18.1 Å². The summed E-state index contributed by atoms with van der Waals surface area (Å²) in [6.45, 7) is 4.27. The summed E-state index contributed by atoms with van der Waals surface area (Å²) in [6.07, 6.45) is 3.66. The van der Waals surface area contributed by atoms with Gasteiger partial charge in [-0.15, -0.1) is 0 Å². The first kappa shape index (κ1) is 7.28. The summed E-state index contributed by atoms with van der Waals surface area (Å²) in [5.74, 6) is 0.468. The van der Waals surface area contributed by atoms with Crippen LogP contribution in [-0.4, -0.2) is 14.6 Å². The van der Waals surface area contributed by atoms with Crippen molar-refractivity contribution in [3.8, 4) is 0 Å². The molecule has 0 amide bonds. The molecule has 0 aromatic carbocycles. The van der Waals surface area contributed by atoms with Crippen LogP contribution >= 0.6 is 0 Å². The van der Waals surface area contributed by atoms with Gasteiger partial charge in [0, 0.05) is 6.20 Å². The lowest BCUT2D eigenvalue weighted by Gasteiger charge is -2.01. The molecule has 0 saturated heterocycles. The molecule has 0 unspecified atom stereocenters. The van der Waals surface area contributed by atoms with Crippen LogP contribution in [0.15, 0.2) is 24.5 Å². The van der Waals surface area contributed by atoms with E-state index in [1.54, 1.807) is 6.20 Å². The molecule has 0 atom stereocenters. The quantitative estimate of drug-likeness (QED) is 0.639. The molecule has 0 radical (unpaired) electrons. The Morgan fingerprint density at radius 1 is 1.42 bits per heavy atom. The summed E-state index contributed by atoms with van der Waals surface area (Å²) < 4.78 is 1.88. The second-order valence-electron chi connectivity index (χ2n) is 3.13. The molecule has 3 heteroatoms. The highest BCUT2D eigenvalue weighted by atomic mass is 15.2. The van der Waals surface area contributed by atoms with Crippen LogP contribution in [0.25, 0.3) is 5.65 Å². The SMILES string of the molecule is CC(C)c1cnc2cccnn12. The lowest BCUT2D eigenvalue weighted by atomic mass is 10.2. The molecule has 0 aliphatic carbocycles. The van der Waals surface area contributed by atoms with Crippen LogP contribution < -0.4 is 0 Å². The Labute approximate surface area is 71.1 Å². The third-order valence-electron chi connectivity index (χ3n) is 1.90. The fourth-order valence-electron chi connectivity index (χ4n) is 1.24. The second kappa shape index (κ2) is 2.59. The molecule has 0 spiro atoms. The highest BCUT2D eigenvalue weighted by Gasteiger charge is 2.05. The van der Waals surface area contributed by atoms with Crippen LogP contribution in [-0.2, 0) is 0 Å². The number of hydrogen-bond acceptors (Lipinski definition) is 2. The van der Waals surface area contributed by atoms with E-state index in [0.29, 0.717) is 5.92 Å². The van der Waals surface area contributed by atoms with Gasteiger partial charge in [-0.3, -0.25) is 0 Å². The topological polar surface area (TPSA) is 30.2 Å². The Morgan fingerprint density at radius 3 is 3.00 bits per heavy atom. The van der Waals surface area contributed by atoms with Gasteiger partial charge in [0.2, 0.25) is 0 Å². The Morgan fingerprint density at radius 2 is 2.25 bits per heavy atom. The van der Waals surface area contributed by atoms with Crippen LogP contribution in [0.5, 0.6) is 0 Å². The van der Waals surface area contributed by atoms with Crippen LogP contribution in [0.1, 0.15) is 25.5 Å². The molecule has 0 aliphatic heterocycles. The molecule has 3 nitrogen and oxygen atoms in total. The van der Waals surface area contributed by atoms with E-state index >= 15 is 0 Å². The first-order valence-electron chi connectivity index (χ1n) is 4.07. The molecule has 0 N–H and O–H groups in total. The predicted octanol–water partition coefficient (Wildman–Crippen LogP) is 1.85. The Hall–Kier alpha value is -1.38. The van der Waals surface area contributed by atoms with Crippen molar-refractivity contribution >= 4 is 5.65 Å². The maximum absolute atomic E-state index is 4.24. The monoisotopic (exact) mass is 161 g/mol. The number of nitrogens with zero attached hydrogens (tertiary/aromatic N) is 3. The zero-order chi connectivity index (χ0) is 8.55. The maximum atomic E-state index is 4.24. The van der Waals surface area contributed by atoms with E-state index in [2.05, 4.69) is 23.9 Å². The zero-order valence-electron chi connectivity index (χ0n) is 7.23. The lowest BCUT2D eigenvalue weighted by molar-refractivity contribution is 0.759. The minimum Gasteiger partial charge on any atom is -0.235 e. The van der Waals surface area contributed by atoms with Crippen molar-refractivity contribution in [2.75, 3.05) is 0 Å². The lowest BCUT2D eigenvalue weighted by Crippen LogP contribution is -1.97. The number of aromatic nitrogens is 3. The molecular formula is C9H11N3. The Balaban J connectivity index is 2.70. The smallest absolute Gasteiger partial charge is 0.153 e. The third kappa shape index (κ3) is 0.978. The van der Waals surface area contributed by atoms with Gasteiger partial charge in [-0.25, -0.2) is 9.50 Å². The molecule has 12 heavy (non-hydrogen) atoms. The van der Waals surface area contributed by atoms with Crippen molar-refractivity contribution in [2.24, 2.45) is 0 Å². The normalized spacial score (nSPS) is 11.2. The van der Waals surface area contributed by atoms with Crippen LogP contribution in [0, 0.1) is 0 Å². The number of rotatable bonds is 1. The molecule has 62 valence electrons. The molecule has 0 fully saturated rings. The van der Waals surface area contributed by atoms with E-state index < -0.39 is 0 Å². The largest absolute Gasteiger partial charge is 0.235 e. The van der Waals surface area contributed by atoms with E-state index in [0.717, 1.165) is 11.3 Å². The first-order chi connectivity index (χ1) is 5.79. The molecule has 2 aromatic heterocycles. The minimum atomic E-state index is 0.468. The van der Waals surface area contributed by atoms with Crippen molar-refractivity contribution in [3.05, 3.63) is 30.2 Å². The summed E-state index contributed by atoms with van der Waals surface area (Å²) in [5, 5.41) is 4.22.